The Morgan fingerprint density at radius 3 is 3.05 bits per heavy atom. The number of rotatable bonds is 5. The molecule has 0 aliphatic carbocycles. The molecule has 1 aliphatic rings. The van der Waals surface area contributed by atoms with Gasteiger partial charge in [-0.1, -0.05) is 0 Å². The van der Waals surface area contributed by atoms with E-state index < -0.39 is 0 Å². The summed E-state index contributed by atoms with van der Waals surface area (Å²) >= 11 is 0. The number of hydrogen-bond donors (Lipinski definition) is 0. The second-order valence-electron chi connectivity index (χ2n) is 5.42. The van der Waals surface area contributed by atoms with Crippen molar-refractivity contribution >= 4 is 0 Å². The highest BCUT2D eigenvalue weighted by molar-refractivity contribution is 4.98. The van der Waals surface area contributed by atoms with E-state index in [1.807, 2.05) is 25.5 Å². The molecule has 2 aromatic heterocycles. The Kier molecular flexibility index (Phi) is 4.57. The van der Waals surface area contributed by atoms with Crippen molar-refractivity contribution in [2.45, 2.75) is 25.5 Å². The zero-order chi connectivity index (χ0) is 14.5. The molecule has 112 valence electrons. The molecule has 1 saturated heterocycles. The maximum absolute atomic E-state index is 5.87. The van der Waals surface area contributed by atoms with E-state index in [1.165, 1.54) is 0 Å². The van der Waals surface area contributed by atoms with E-state index >= 15 is 0 Å². The van der Waals surface area contributed by atoms with Gasteiger partial charge in [0.05, 0.1) is 19.3 Å². The molecule has 0 saturated carbocycles. The van der Waals surface area contributed by atoms with Gasteiger partial charge in [0.2, 0.25) is 0 Å². The Labute approximate surface area is 124 Å². The van der Waals surface area contributed by atoms with Crippen molar-refractivity contribution in [1.82, 2.24) is 24.4 Å². The molecule has 2 aromatic rings. The molecule has 21 heavy (non-hydrogen) atoms. The highest BCUT2D eigenvalue weighted by atomic mass is 16.5. The number of nitrogens with zero attached hydrogens (tertiary/aromatic N) is 5. The summed E-state index contributed by atoms with van der Waals surface area (Å²) in [6, 6.07) is 1.97. The summed E-state index contributed by atoms with van der Waals surface area (Å²) in [5.74, 6) is 1.10. The number of imidazole rings is 1. The maximum atomic E-state index is 5.87. The third kappa shape index (κ3) is 3.86. The lowest BCUT2D eigenvalue weighted by atomic mass is 10.1. The number of morpholine rings is 1. The van der Waals surface area contributed by atoms with Crippen LogP contribution in [0.25, 0.3) is 0 Å². The molecule has 1 aliphatic heterocycles. The van der Waals surface area contributed by atoms with Crippen molar-refractivity contribution in [1.29, 1.82) is 0 Å². The largest absolute Gasteiger partial charge is 0.376 e. The molecule has 0 unspecified atom stereocenters. The Bertz CT molecular complexity index is 556. The Balaban J connectivity index is 1.50. The molecule has 0 aromatic carbocycles. The van der Waals surface area contributed by atoms with E-state index in [4.69, 9.17) is 4.74 Å². The van der Waals surface area contributed by atoms with Crippen molar-refractivity contribution in [3.63, 3.8) is 0 Å². The first-order valence-corrected chi connectivity index (χ1v) is 7.36. The summed E-state index contributed by atoms with van der Waals surface area (Å²) in [7, 11) is 2.04. The fourth-order valence-corrected chi connectivity index (χ4v) is 2.62. The van der Waals surface area contributed by atoms with Crippen LogP contribution in [-0.2, 0) is 24.8 Å². The second kappa shape index (κ2) is 6.78. The Morgan fingerprint density at radius 2 is 2.29 bits per heavy atom. The van der Waals surface area contributed by atoms with E-state index in [-0.39, 0.29) is 6.10 Å². The first-order chi connectivity index (χ1) is 10.3. The van der Waals surface area contributed by atoms with Crippen LogP contribution in [0.5, 0.6) is 0 Å². The van der Waals surface area contributed by atoms with Gasteiger partial charge in [-0.05, 0) is 18.9 Å². The molecule has 3 rings (SSSR count). The average molecular weight is 287 g/mol. The number of aromatic nitrogens is 4. The minimum atomic E-state index is 0.272. The van der Waals surface area contributed by atoms with Crippen LogP contribution in [-0.4, -0.2) is 50.2 Å². The molecular formula is C15H21N5O. The molecule has 0 amide bonds. The second-order valence-corrected chi connectivity index (χ2v) is 5.42. The van der Waals surface area contributed by atoms with Crippen LogP contribution in [0.4, 0.5) is 0 Å². The monoisotopic (exact) mass is 287 g/mol. The van der Waals surface area contributed by atoms with E-state index in [1.54, 1.807) is 12.5 Å². The quantitative estimate of drug-likeness (QED) is 0.822. The van der Waals surface area contributed by atoms with Crippen molar-refractivity contribution in [2.24, 2.45) is 7.05 Å². The maximum Gasteiger partial charge on any atom is 0.122 e. The highest BCUT2D eigenvalue weighted by Gasteiger charge is 2.21. The molecule has 1 fully saturated rings. The highest BCUT2D eigenvalue weighted by Crippen LogP contribution is 2.13. The van der Waals surface area contributed by atoms with Crippen LogP contribution in [0, 0.1) is 0 Å². The predicted octanol–water partition coefficient (Wildman–Crippen LogP) is 1.04. The number of hydrogen-bond acceptors (Lipinski definition) is 5. The summed E-state index contributed by atoms with van der Waals surface area (Å²) in [5.41, 5.74) is 1.08. The van der Waals surface area contributed by atoms with Crippen LogP contribution >= 0.6 is 0 Å². The first-order valence-electron chi connectivity index (χ1n) is 7.36. The van der Waals surface area contributed by atoms with Gasteiger partial charge in [-0.2, -0.15) is 0 Å². The van der Waals surface area contributed by atoms with Crippen molar-refractivity contribution in [2.75, 3.05) is 19.7 Å². The molecule has 1 atom stereocenters. The smallest absolute Gasteiger partial charge is 0.122 e. The summed E-state index contributed by atoms with van der Waals surface area (Å²) in [4.78, 5) is 15.0. The molecular weight excluding hydrogens is 266 g/mol. The van der Waals surface area contributed by atoms with Crippen LogP contribution < -0.4 is 0 Å². The van der Waals surface area contributed by atoms with E-state index in [2.05, 4.69) is 24.4 Å². The molecule has 6 heteroatoms. The topological polar surface area (TPSA) is 56.1 Å². The van der Waals surface area contributed by atoms with Gasteiger partial charge >= 0.3 is 0 Å². The molecule has 0 spiro atoms. The van der Waals surface area contributed by atoms with Crippen molar-refractivity contribution in [3.8, 4) is 0 Å². The van der Waals surface area contributed by atoms with Crippen LogP contribution in [0.1, 0.15) is 17.9 Å². The molecule has 0 radical (unpaired) electrons. The minimum absolute atomic E-state index is 0.272. The van der Waals surface area contributed by atoms with Crippen LogP contribution in [0.15, 0.2) is 31.0 Å². The van der Waals surface area contributed by atoms with E-state index in [0.717, 1.165) is 50.6 Å². The van der Waals surface area contributed by atoms with Gasteiger partial charge in [-0.15, -0.1) is 0 Å². The summed E-state index contributed by atoms with van der Waals surface area (Å²) in [6.07, 6.45) is 9.43. The van der Waals surface area contributed by atoms with Gasteiger partial charge in [0.15, 0.2) is 0 Å². The number of aryl methyl sites for hydroxylation is 2. The predicted molar refractivity (Wildman–Crippen MR) is 78.6 cm³/mol. The average Bonchev–Trinajstić information content (AvgIpc) is 2.92. The SMILES string of the molecule is Cn1ccnc1CN1CCO[C@@H](CCc2ccncn2)C1. The third-order valence-corrected chi connectivity index (χ3v) is 3.87. The summed E-state index contributed by atoms with van der Waals surface area (Å²) in [6.45, 7) is 3.60. The lowest BCUT2D eigenvalue weighted by Gasteiger charge is -2.32. The first kappa shape index (κ1) is 14.2. The Hall–Kier alpha value is -1.79. The van der Waals surface area contributed by atoms with Crippen molar-refractivity contribution < 1.29 is 4.74 Å². The van der Waals surface area contributed by atoms with E-state index in [9.17, 15) is 0 Å². The summed E-state index contributed by atoms with van der Waals surface area (Å²) < 4.78 is 7.94. The van der Waals surface area contributed by atoms with Crippen LogP contribution in [0.2, 0.25) is 0 Å². The molecule has 0 bridgehead atoms. The van der Waals surface area contributed by atoms with Gasteiger partial charge in [-0.3, -0.25) is 4.90 Å². The third-order valence-electron chi connectivity index (χ3n) is 3.87. The fourth-order valence-electron chi connectivity index (χ4n) is 2.62. The van der Waals surface area contributed by atoms with Gasteiger partial charge < -0.3 is 9.30 Å². The normalized spacial score (nSPS) is 19.8. The summed E-state index contributed by atoms with van der Waals surface area (Å²) in [5, 5.41) is 0. The fraction of sp³-hybridized carbons (Fsp3) is 0.533. The lowest BCUT2D eigenvalue weighted by molar-refractivity contribution is -0.0356. The molecule has 3 heterocycles. The molecule has 6 nitrogen and oxygen atoms in total. The van der Waals surface area contributed by atoms with Gasteiger partial charge in [0.25, 0.3) is 0 Å². The van der Waals surface area contributed by atoms with Gasteiger partial charge in [-0.25, -0.2) is 15.0 Å². The lowest BCUT2D eigenvalue weighted by Crippen LogP contribution is -2.42. The van der Waals surface area contributed by atoms with Crippen molar-refractivity contribution in [3.05, 3.63) is 42.5 Å². The minimum Gasteiger partial charge on any atom is -0.376 e. The molecule has 0 N–H and O–H groups in total. The van der Waals surface area contributed by atoms with E-state index in [0.29, 0.717) is 0 Å². The zero-order valence-corrected chi connectivity index (χ0v) is 12.4. The van der Waals surface area contributed by atoms with Crippen LogP contribution in [0.3, 0.4) is 0 Å². The number of ether oxygens (including phenoxy) is 1. The zero-order valence-electron chi connectivity index (χ0n) is 12.4. The van der Waals surface area contributed by atoms with Gasteiger partial charge in [0.1, 0.15) is 12.2 Å². The Morgan fingerprint density at radius 1 is 1.33 bits per heavy atom. The standard InChI is InChI=1S/C15H21N5O/c1-19-7-6-17-15(19)11-20-8-9-21-14(10-20)3-2-13-4-5-16-12-18-13/h4-7,12,14H,2-3,8-11H2,1H3/t14-/m0/s1. The van der Waals surface area contributed by atoms with Gasteiger partial charge in [0, 0.05) is 44.4 Å².